The van der Waals surface area contributed by atoms with Gasteiger partial charge >= 0.3 is 6.03 Å². The maximum atomic E-state index is 12.5. The fourth-order valence-corrected chi connectivity index (χ4v) is 3.58. The van der Waals surface area contributed by atoms with Crippen LogP contribution in [0.5, 0.6) is 5.75 Å². The summed E-state index contributed by atoms with van der Waals surface area (Å²) in [5, 5.41) is 3.03. The van der Waals surface area contributed by atoms with Crippen molar-refractivity contribution in [3.05, 3.63) is 59.4 Å². The minimum atomic E-state index is -0.0297. The molecule has 0 bridgehead atoms. The quantitative estimate of drug-likeness (QED) is 0.883. The lowest BCUT2D eigenvalue weighted by Crippen LogP contribution is -2.47. The fourth-order valence-electron chi connectivity index (χ4n) is 3.58. The number of carbonyl (C=O) groups is 1. The number of nitrogens with one attached hydrogen (secondary N) is 1. The van der Waals surface area contributed by atoms with Gasteiger partial charge in [-0.1, -0.05) is 18.2 Å². The predicted molar refractivity (Wildman–Crippen MR) is 101 cm³/mol. The zero-order valence-corrected chi connectivity index (χ0v) is 15.4. The number of benzene rings is 1. The van der Waals surface area contributed by atoms with Crippen molar-refractivity contribution in [2.75, 3.05) is 19.7 Å². The fraction of sp³-hybridized carbons (Fsp3) is 0.429. The van der Waals surface area contributed by atoms with Gasteiger partial charge in [0.05, 0.1) is 25.0 Å². The van der Waals surface area contributed by atoms with Crippen LogP contribution in [0.1, 0.15) is 29.7 Å². The van der Waals surface area contributed by atoms with Crippen LogP contribution in [0, 0.1) is 0 Å². The highest BCUT2D eigenvalue weighted by Crippen LogP contribution is 2.25. The number of rotatable bonds is 5. The van der Waals surface area contributed by atoms with Crippen molar-refractivity contribution < 1.29 is 14.3 Å². The number of piperidine rings is 1. The van der Waals surface area contributed by atoms with Gasteiger partial charge in [0.25, 0.3) is 0 Å². The van der Waals surface area contributed by atoms with E-state index in [4.69, 9.17) is 9.47 Å². The van der Waals surface area contributed by atoms with E-state index in [2.05, 4.69) is 16.4 Å². The number of urea groups is 1. The van der Waals surface area contributed by atoms with Crippen LogP contribution < -0.4 is 10.1 Å². The summed E-state index contributed by atoms with van der Waals surface area (Å²) in [7, 11) is 0. The van der Waals surface area contributed by atoms with Crippen LogP contribution in [0.2, 0.25) is 0 Å². The van der Waals surface area contributed by atoms with Crippen molar-refractivity contribution >= 4 is 6.03 Å². The first kappa shape index (κ1) is 17.8. The molecule has 0 spiro atoms. The smallest absolute Gasteiger partial charge is 0.317 e. The summed E-state index contributed by atoms with van der Waals surface area (Å²) in [4.78, 5) is 18.7. The van der Waals surface area contributed by atoms with Crippen molar-refractivity contribution in [1.82, 2.24) is 15.2 Å². The Labute approximate surface area is 159 Å². The highest BCUT2D eigenvalue weighted by molar-refractivity contribution is 5.74. The van der Waals surface area contributed by atoms with Gasteiger partial charge in [-0.2, -0.15) is 0 Å². The molecule has 2 aliphatic heterocycles. The standard InChI is InChI=1S/C21H25N3O3/c25-21(23-13-16-6-7-20-17(12-16)8-11-26-20)24-10-3-5-19(14-24)27-15-18-4-1-2-9-22-18/h1-2,4,6-7,9,12,19H,3,5,8,10-11,13-15H2,(H,23,25)/t19-/m1/s1. The van der Waals surface area contributed by atoms with Gasteiger partial charge < -0.3 is 19.7 Å². The summed E-state index contributed by atoms with van der Waals surface area (Å²) in [6.07, 6.45) is 4.70. The number of hydrogen-bond acceptors (Lipinski definition) is 4. The number of fused-ring (bicyclic) bond motifs is 1. The summed E-state index contributed by atoms with van der Waals surface area (Å²) < 4.78 is 11.5. The largest absolute Gasteiger partial charge is 0.493 e. The van der Waals surface area contributed by atoms with Crippen molar-refractivity contribution in [3.8, 4) is 5.75 Å². The molecule has 0 radical (unpaired) electrons. The summed E-state index contributed by atoms with van der Waals surface area (Å²) in [5.41, 5.74) is 3.25. The third-order valence-corrected chi connectivity index (χ3v) is 5.06. The molecule has 1 N–H and O–H groups in total. The minimum Gasteiger partial charge on any atom is -0.493 e. The molecule has 6 nitrogen and oxygen atoms in total. The molecule has 2 aromatic rings. The Hall–Kier alpha value is -2.60. The molecular formula is C21H25N3O3. The number of aromatic nitrogens is 1. The molecule has 142 valence electrons. The Morgan fingerprint density at radius 3 is 3.19 bits per heavy atom. The lowest BCUT2D eigenvalue weighted by Gasteiger charge is -2.32. The monoisotopic (exact) mass is 367 g/mol. The van der Waals surface area contributed by atoms with Gasteiger partial charge in [-0.3, -0.25) is 4.98 Å². The Morgan fingerprint density at radius 1 is 1.33 bits per heavy atom. The van der Waals surface area contributed by atoms with Crippen molar-refractivity contribution in [2.45, 2.75) is 38.5 Å². The first-order chi connectivity index (χ1) is 13.3. The van der Waals surface area contributed by atoms with Crippen molar-refractivity contribution in [1.29, 1.82) is 0 Å². The molecule has 2 aliphatic rings. The topological polar surface area (TPSA) is 63.7 Å². The molecule has 1 atom stereocenters. The van der Waals surface area contributed by atoms with Gasteiger partial charge in [-0.05, 0) is 42.2 Å². The zero-order valence-electron chi connectivity index (χ0n) is 15.4. The van der Waals surface area contributed by atoms with Crippen LogP contribution in [-0.4, -0.2) is 41.7 Å². The second-order valence-corrected chi connectivity index (χ2v) is 7.04. The van der Waals surface area contributed by atoms with E-state index < -0.39 is 0 Å². The molecule has 2 amide bonds. The van der Waals surface area contributed by atoms with E-state index in [1.165, 1.54) is 5.56 Å². The van der Waals surface area contributed by atoms with Crippen LogP contribution in [0.25, 0.3) is 0 Å². The van der Waals surface area contributed by atoms with Crippen LogP contribution in [0.3, 0.4) is 0 Å². The third-order valence-electron chi connectivity index (χ3n) is 5.06. The summed E-state index contributed by atoms with van der Waals surface area (Å²) >= 11 is 0. The van der Waals surface area contributed by atoms with E-state index in [9.17, 15) is 4.79 Å². The zero-order chi connectivity index (χ0) is 18.5. The third kappa shape index (κ3) is 4.57. The molecule has 3 heterocycles. The molecule has 6 heteroatoms. The lowest BCUT2D eigenvalue weighted by molar-refractivity contribution is -0.00168. The number of ether oxygens (including phenoxy) is 2. The van der Waals surface area contributed by atoms with E-state index in [1.54, 1.807) is 6.20 Å². The number of carbonyl (C=O) groups excluding carboxylic acids is 1. The van der Waals surface area contributed by atoms with Crippen LogP contribution in [0.4, 0.5) is 4.79 Å². The Morgan fingerprint density at radius 2 is 2.30 bits per heavy atom. The molecule has 0 saturated carbocycles. The summed E-state index contributed by atoms with van der Waals surface area (Å²) in [6, 6.07) is 11.9. The van der Waals surface area contributed by atoms with Gasteiger partial charge in [-0.15, -0.1) is 0 Å². The van der Waals surface area contributed by atoms with Crippen LogP contribution >= 0.6 is 0 Å². The van der Waals surface area contributed by atoms with Crippen LogP contribution in [0.15, 0.2) is 42.6 Å². The van der Waals surface area contributed by atoms with E-state index in [-0.39, 0.29) is 12.1 Å². The Balaban J connectivity index is 1.25. The average Bonchev–Trinajstić information content (AvgIpc) is 3.19. The first-order valence-corrected chi connectivity index (χ1v) is 9.57. The van der Waals surface area contributed by atoms with Gasteiger partial charge in [0.15, 0.2) is 0 Å². The molecular weight excluding hydrogens is 342 g/mol. The Kier molecular flexibility index (Phi) is 5.53. The summed E-state index contributed by atoms with van der Waals surface area (Å²) in [5.74, 6) is 0.967. The van der Waals surface area contributed by atoms with Crippen LogP contribution in [-0.2, 0) is 24.3 Å². The van der Waals surface area contributed by atoms with Crippen molar-refractivity contribution in [2.24, 2.45) is 0 Å². The molecule has 1 saturated heterocycles. The normalized spacial score (nSPS) is 18.7. The number of nitrogens with zero attached hydrogens (tertiary/aromatic N) is 2. The molecule has 1 fully saturated rings. The van der Waals surface area contributed by atoms with Gasteiger partial charge in [0, 0.05) is 32.3 Å². The first-order valence-electron chi connectivity index (χ1n) is 9.57. The number of amides is 2. The second kappa shape index (κ2) is 8.39. The van der Waals surface area contributed by atoms with E-state index in [0.717, 1.165) is 49.4 Å². The maximum Gasteiger partial charge on any atom is 0.317 e. The molecule has 1 aromatic heterocycles. The lowest BCUT2D eigenvalue weighted by atomic mass is 10.1. The predicted octanol–water partition coefficient (Wildman–Crippen LogP) is 2.91. The van der Waals surface area contributed by atoms with Crippen molar-refractivity contribution in [3.63, 3.8) is 0 Å². The molecule has 0 aliphatic carbocycles. The Bertz CT molecular complexity index is 781. The molecule has 0 unspecified atom stereocenters. The molecule has 4 rings (SSSR count). The molecule has 1 aromatic carbocycles. The average molecular weight is 367 g/mol. The maximum absolute atomic E-state index is 12.5. The highest BCUT2D eigenvalue weighted by Gasteiger charge is 2.24. The molecule has 27 heavy (non-hydrogen) atoms. The van der Waals surface area contributed by atoms with E-state index >= 15 is 0 Å². The summed E-state index contributed by atoms with van der Waals surface area (Å²) in [6.45, 7) is 3.16. The minimum absolute atomic E-state index is 0.0297. The SMILES string of the molecule is O=C(NCc1ccc2c(c1)CCO2)N1CCC[C@@H](OCc2ccccn2)C1. The van der Waals surface area contributed by atoms with E-state index in [1.807, 2.05) is 35.2 Å². The van der Waals surface area contributed by atoms with E-state index in [0.29, 0.717) is 19.7 Å². The van der Waals surface area contributed by atoms with Gasteiger partial charge in [-0.25, -0.2) is 4.79 Å². The number of likely N-dealkylation sites (tertiary alicyclic amines) is 1. The van der Waals surface area contributed by atoms with Gasteiger partial charge in [0.1, 0.15) is 5.75 Å². The van der Waals surface area contributed by atoms with Gasteiger partial charge in [0.2, 0.25) is 0 Å². The second-order valence-electron chi connectivity index (χ2n) is 7.04. The number of hydrogen-bond donors (Lipinski definition) is 1. The number of pyridine rings is 1. The highest BCUT2D eigenvalue weighted by atomic mass is 16.5.